The minimum atomic E-state index is -0.789. The number of carboxylic acid groups (broad SMARTS) is 1. The van der Waals surface area contributed by atoms with Gasteiger partial charge >= 0.3 is 5.97 Å². The largest absolute Gasteiger partial charge is 0.480 e. The first kappa shape index (κ1) is 13.5. The molecule has 2 rings (SSSR count). The third-order valence-electron chi connectivity index (χ3n) is 2.78. The molecule has 2 N–H and O–H groups in total. The Labute approximate surface area is 109 Å². The van der Waals surface area contributed by atoms with E-state index in [9.17, 15) is 4.79 Å². The lowest BCUT2D eigenvalue weighted by atomic mass is 9.91. The van der Waals surface area contributed by atoms with E-state index in [1.165, 1.54) is 5.56 Å². The molecule has 1 aromatic carbocycles. The van der Waals surface area contributed by atoms with Crippen molar-refractivity contribution in [2.45, 2.75) is 25.4 Å². The molecule has 88 valence electrons. The van der Waals surface area contributed by atoms with Crippen LogP contribution in [0, 0.1) is 0 Å². The molecule has 16 heavy (non-hydrogen) atoms. The molecule has 0 radical (unpaired) electrons. The number of rotatable bonds is 1. The van der Waals surface area contributed by atoms with E-state index < -0.39 is 12.0 Å². The molecule has 2 atom stereocenters. The van der Waals surface area contributed by atoms with E-state index in [4.69, 9.17) is 5.11 Å². The summed E-state index contributed by atoms with van der Waals surface area (Å²) >= 11 is 3.47. The van der Waals surface area contributed by atoms with E-state index in [-0.39, 0.29) is 18.4 Å². The molecule has 1 aromatic rings. The molecular formula is C11H13BrClNO2. The summed E-state index contributed by atoms with van der Waals surface area (Å²) in [6, 6.07) is 5.58. The molecule has 1 aliphatic rings. The van der Waals surface area contributed by atoms with Gasteiger partial charge in [-0.2, -0.15) is 0 Å². The van der Waals surface area contributed by atoms with Crippen LogP contribution in [0.5, 0.6) is 0 Å². The number of halogens is 2. The average molecular weight is 307 g/mol. The van der Waals surface area contributed by atoms with Crippen molar-refractivity contribution in [3.63, 3.8) is 0 Å². The lowest BCUT2D eigenvalue weighted by molar-refractivity contribution is -0.139. The number of hydrogen-bond acceptors (Lipinski definition) is 2. The van der Waals surface area contributed by atoms with Gasteiger partial charge in [-0.15, -0.1) is 12.4 Å². The second-order valence-electron chi connectivity index (χ2n) is 3.79. The average Bonchev–Trinajstić information content (AvgIpc) is 2.19. The van der Waals surface area contributed by atoms with Crippen molar-refractivity contribution >= 4 is 34.3 Å². The Hall–Kier alpha value is -0.580. The zero-order chi connectivity index (χ0) is 11.0. The van der Waals surface area contributed by atoms with Crippen LogP contribution in [0.25, 0.3) is 0 Å². The van der Waals surface area contributed by atoms with Crippen LogP contribution < -0.4 is 5.32 Å². The molecule has 0 saturated heterocycles. The summed E-state index contributed by atoms with van der Waals surface area (Å²) in [7, 11) is 0. The summed E-state index contributed by atoms with van der Waals surface area (Å²) < 4.78 is 1.000. The van der Waals surface area contributed by atoms with Crippen LogP contribution in [0.2, 0.25) is 0 Å². The van der Waals surface area contributed by atoms with Crippen molar-refractivity contribution in [1.29, 1.82) is 0 Å². The highest BCUT2D eigenvalue weighted by Gasteiger charge is 2.28. The number of benzene rings is 1. The minimum Gasteiger partial charge on any atom is -0.480 e. The van der Waals surface area contributed by atoms with Crippen molar-refractivity contribution in [2.24, 2.45) is 0 Å². The van der Waals surface area contributed by atoms with E-state index in [0.29, 0.717) is 6.42 Å². The Morgan fingerprint density at radius 1 is 1.56 bits per heavy atom. The molecule has 0 amide bonds. The van der Waals surface area contributed by atoms with Gasteiger partial charge in [-0.3, -0.25) is 10.1 Å². The molecule has 1 aliphatic heterocycles. The number of aliphatic carboxylic acids is 1. The Morgan fingerprint density at radius 3 is 2.88 bits per heavy atom. The monoisotopic (exact) mass is 305 g/mol. The highest BCUT2D eigenvalue weighted by molar-refractivity contribution is 9.10. The van der Waals surface area contributed by atoms with Crippen molar-refractivity contribution < 1.29 is 9.90 Å². The summed E-state index contributed by atoms with van der Waals surface area (Å²) in [5.74, 6) is -0.789. The van der Waals surface area contributed by atoms with Crippen molar-refractivity contribution in [3.05, 3.63) is 33.8 Å². The maximum atomic E-state index is 10.9. The molecule has 3 nitrogen and oxygen atoms in total. The fraction of sp³-hybridized carbons (Fsp3) is 0.364. The van der Waals surface area contributed by atoms with Crippen LogP contribution in [-0.2, 0) is 11.2 Å². The SMILES string of the molecule is CC1N[C@@H](C(=O)O)Cc2c(Br)cccc21.Cl. The number of carbonyl (C=O) groups is 1. The van der Waals surface area contributed by atoms with E-state index >= 15 is 0 Å². The van der Waals surface area contributed by atoms with Crippen LogP contribution >= 0.6 is 28.3 Å². The van der Waals surface area contributed by atoms with Crippen LogP contribution in [0.4, 0.5) is 0 Å². The van der Waals surface area contributed by atoms with Gasteiger partial charge in [-0.1, -0.05) is 28.1 Å². The van der Waals surface area contributed by atoms with E-state index in [2.05, 4.69) is 21.2 Å². The predicted molar refractivity (Wildman–Crippen MR) is 68.1 cm³/mol. The topological polar surface area (TPSA) is 49.3 Å². The summed E-state index contributed by atoms with van der Waals surface area (Å²) in [5.41, 5.74) is 2.29. The summed E-state index contributed by atoms with van der Waals surface area (Å²) in [5, 5.41) is 12.1. The van der Waals surface area contributed by atoms with Gasteiger partial charge in [0.25, 0.3) is 0 Å². The second-order valence-corrected chi connectivity index (χ2v) is 4.65. The first-order chi connectivity index (χ1) is 7.09. The van der Waals surface area contributed by atoms with Gasteiger partial charge in [-0.05, 0) is 30.5 Å². The maximum Gasteiger partial charge on any atom is 0.321 e. The Kier molecular flexibility index (Phi) is 4.35. The van der Waals surface area contributed by atoms with Gasteiger partial charge in [0.2, 0.25) is 0 Å². The third-order valence-corrected chi connectivity index (χ3v) is 3.52. The first-order valence-electron chi connectivity index (χ1n) is 4.85. The van der Waals surface area contributed by atoms with Crippen LogP contribution in [-0.4, -0.2) is 17.1 Å². The molecule has 0 aromatic heterocycles. The molecule has 1 heterocycles. The van der Waals surface area contributed by atoms with Crippen molar-refractivity contribution in [1.82, 2.24) is 5.32 Å². The third kappa shape index (κ3) is 2.39. The minimum absolute atomic E-state index is 0. The fourth-order valence-electron chi connectivity index (χ4n) is 2.01. The fourth-order valence-corrected chi connectivity index (χ4v) is 2.55. The normalized spacial score (nSPS) is 23.1. The molecule has 0 aliphatic carbocycles. The van der Waals surface area contributed by atoms with Gasteiger partial charge in [0.1, 0.15) is 6.04 Å². The Morgan fingerprint density at radius 2 is 2.25 bits per heavy atom. The number of carboxylic acids is 1. The lowest BCUT2D eigenvalue weighted by Crippen LogP contribution is -2.43. The lowest BCUT2D eigenvalue weighted by Gasteiger charge is -2.29. The van der Waals surface area contributed by atoms with Crippen molar-refractivity contribution in [2.75, 3.05) is 0 Å². The van der Waals surface area contributed by atoms with E-state index in [1.54, 1.807) is 0 Å². The van der Waals surface area contributed by atoms with E-state index in [0.717, 1.165) is 10.0 Å². The zero-order valence-electron chi connectivity index (χ0n) is 8.74. The highest BCUT2D eigenvalue weighted by atomic mass is 79.9. The summed E-state index contributed by atoms with van der Waals surface area (Å²) in [6.45, 7) is 1.99. The van der Waals surface area contributed by atoms with Crippen LogP contribution in [0.3, 0.4) is 0 Å². The van der Waals surface area contributed by atoms with Gasteiger partial charge in [0, 0.05) is 10.5 Å². The Balaban J connectivity index is 0.00000128. The summed E-state index contributed by atoms with van der Waals surface area (Å²) in [4.78, 5) is 10.9. The predicted octanol–water partition coefficient (Wildman–Crippen LogP) is 2.53. The quantitative estimate of drug-likeness (QED) is 0.838. The zero-order valence-corrected chi connectivity index (χ0v) is 11.1. The van der Waals surface area contributed by atoms with Crippen molar-refractivity contribution in [3.8, 4) is 0 Å². The second kappa shape index (κ2) is 5.17. The van der Waals surface area contributed by atoms with Gasteiger partial charge in [0.15, 0.2) is 0 Å². The van der Waals surface area contributed by atoms with Gasteiger partial charge in [-0.25, -0.2) is 0 Å². The molecule has 0 saturated carbocycles. The van der Waals surface area contributed by atoms with Crippen LogP contribution in [0.1, 0.15) is 24.1 Å². The van der Waals surface area contributed by atoms with Gasteiger partial charge in [0.05, 0.1) is 0 Å². The molecule has 1 unspecified atom stereocenters. The smallest absolute Gasteiger partial charge is 0.321 e. The number of fused-ring (bicyclic) bond motifs is 1. The first-order valence-corrected chi connectivity index (χ1v) is 5.65. The summed E-state index contributed by atoms with van der Waals surface area (Å²) in [6.07, 6.45) is 0.538. The van der Waals surface area contributed by atoms with Crippen LogP contribution in [0.15, 0.2) is 22.7 Å². The van der Waals surface area contributed by atoms with Gasteiger partial charge < -0.3 is 5.11 Å². The molecule has 0 spiro atoms. The van der Waals surface area contributed by atoms with E-state index in [1.807, 2.05) is 25.1 Å². The molecule has 0 fully saturated rings. The Bertz CT molecular complexity index is 411. The number of nitrogens with one attached hydrogen (secondary N) is 1. The highest BCUT2D eigenvalue weighted by Crippen LogP contribution is 2.30. The molecule has 0 bridgehead atoms. The number of hydrogen-bond donors (Lipinski definition) is 2. The maximum absolute atomic E-state index is 10.9. The standard InChI is InChI=1S/C11H12BrNO2.ClH/c1-6-7-3-2-4-9(12)8(7)5-10(13-6)11(14)15;/h2-4,6,10,13H,5H2,1H3,(H,14,15);1H/t6?,10-;/m1./s1. The molecular weight excluding hydrogens is 293 g/mol. The molecule has 5 heteroatoms.